The van der Waals surface area contributed by atoms with Crippen molar-refractivity contribution in [3.8, 4) is 0 Å². The zero-order valence-electron chi connectivity index (χ0n) is 15.6. The van der Waals surface area contributed by atoms with Crippen LogP contribution in [0.1, 0.15) is 51.4 Å². The Hall–Kier alpha value is -2.52. The summed E-state index contributed by atoms with van der Waals surface area (Å²) >= 11 is 0. The molecule has 0 aromatic carbocycles. The molecule has 2 heterocycles. The fourth-order valence-electron chi connectivity index (χ4n) is 2.99. The van der Waals surface area contributed by atoms with E-state index in [1.54, 1.807) is 0 Å². The molecular weight excluding hydrogens is 332 g/mol. The molecule has 2 aliphatic rings. The lowest BCUT2D eigenvalue weighted by Gasteiger charge is -2.22. The van der Waals surface area contributed by atoms with E-state index in [9.17, 15) is 0 Å². The van der Waals surface area contributed by atoms with Gasteiger partial charge in [0.05, 0.1) is 0 Å². The molecule has 0 unspecified atom stereocenters. The van der Waals surface area contributed by atoms with Gasteiger partial charge in [-0.2, -0.15) is 4.99 Å². The first-order valence-corrected chi connectivity index (χ1v) is 9.28. The van der Waals surface area contributed by atoms with Crippen LogP contribution in [0.2, 0.25) is 0 Å². The predicted octanol–water partition coefficient (Wildman–Crippen LogP) is 0.351. The highest BCUT2D eigenvalue weighted by atomic mass is 15.3. The standard InChI is InChI=1S/2C8H17N5/c2*9-7(10)12-8(11)13-5-3-1-2-4-6-13/h2*1-6H2,(H5,9,10,11,12). The quantitative estimate of drug-likeness (QED) is 0.240. The Labute approximate surface area is 155 Å². The summed E-state index contributed by atoms with van der Waals surface area (Å²) in [5, 5.41) is 24.1. The van der Waals surface area contributed by atoms with Crippen LogP contribution in [0.25, 0.3) is 0 Å². The molecular formula is C16H34N10. The van der Waals surface area contributed by atoms with Crippen molar-refractivity contribution in [1.82, 2.24) is 15.1 Å². The lowest BCUT2D eigenvalue weighted by atomic mass is 10.2. The van der Waals surface area contributed by atoms with Crippen LogP contribution in [-0.4, -0.2) is 59.8 Å². The van der Waals surface area contributed by atoms with Crippen molar-refractivity contribution in [3.05, 3.63) is 0 Å². The van der Waals surface area contributed by atoms with Crippen LogP contribution in [0.3, 0.4) is 0 Å². The van der Waals surface area contributed by atoms with E-state index in [0.29, 0.717) is 5.96 Å². The minimum absolute atomic E-state index is 0.158. The molecule has 2 rings (SSSR count). The maximum Gasteiger partial charge on any atom is 0.215 e. The van der Waals surface area contributed by atoms with Gasteiger partial charge in [0.25, 0.3) is 0 Å². The van der Waals surface area contributed by atoms with E-state index in [-0.39, 0.29) is 17.9 Å². The van der Waals surface area contributed by atoms with Crippen molar-refractivity contribution in [1.29, 1.82) is 16.2 Å². The number of likely N-dealkylation sites (tertiary alicyclic amines) is 2. The van der Waals surface area contributed by atoms with Gasteiger partial charge in [0.1, 0.15) is 0 Å². The van der Waals surface area contributed by atoms with Gasteiger partial charge >= 0.3 is 0 Å². The summed E-state index contributed by atoms with van der Waals surface area (Å²) in [5.41, 5.74) is 15.9. The van der Waals surface area contributed by atoms with E-state index >= 15 is 0 Å². The van der Waals surface area contributed by atoms with Crippen molar-refractivity contribution in [2.75, 3.05) is 26.2 Å². The molecule has 0 saturated carbocycles. The molecule has 0 radical (unpaired) electrons. The molecule has 148 valence electrons. The highest BCUT2D eigenvalue weighted by molar-refractivity contribution is 5.94. The summed E-state index contributed by atoms with van der Waals surface area (Å²) in [6, 6.07) is 0. The van der Waals surface area contributed by atoms with E-state index in [1.807, 2.05) is 9.80 Å². The molecule has 10 heteroatoms. The number of hydrogen-bond acceptors (Lipinski definition) is 3. The molecule has 2 aliphatic heterocycles. The minimum Gasteiger partial charge on any atom is -0.370 e. The van der Waals surface area contributed by atoms with Gasteiger partial charge in [-0.05, 0) is 25.7 Å². The number of hydrogen-bond donors (Lipinski definition) is 7. The van der Waals surface area contributed by atoms with Gasteiger partial charge in [-0.25, -0.2) is 0 Å². The lowest BCUT2D eigenvalue weighted by molar-refractivity contribution is 0.422. The smallest absolute Gasteiger partial charge is 0.215 e. The molecule has 10 N–H and O–H groups in total. The maximum absolute atomic E-state index is 7.60. The highest BCUT2D eigenvalue weighted by Crippen LogP contribution is 2.09. The molecule has 0 aromatic rings. The Kier molecular flexibility index (Phi) is 9.88. The normalized spacial score (nSPS) is 18.7. The second kappa shape index (κ2) is 11.9. The van der Waals surface area contributed by atoms with E-state index in [2.05, 4.69) is 10.3 Å². The third-order valence-electron chi connectivity index (χ3n) is 4.34. The van der Waals surface area contributed by atoms with Crippen molar-refractivity contribution < 1.29 is 0 Å². The number of nitrogens with zero attached hydrogens (tertiary/aromatic N) is 3. The SMILES string of the molecule is N=C(N)N=C(N)N1CCCCCC1.N=C(N)NC(=N)N1CCCCCC1. The first-order chi connectivity index (χ1) is 12.4. The van der Waals surface area contributed by atoms with Gasteiger partial charge in [-0.3, -0.25) is 21.5 Å². The van der Waals surface area contributed by atoms with Crippen LogP contribution >= 0.6 is 0 Å². The second-order valence-electron chi connectivity index (χ2n) is 6.55. The molecule has 0 aliphatic carbocycles. The molecule has 26 heavy (non-hydrogen) atoms. The molecule has 0 amide bonds. The second-order valence-corrected chi connectivity index (χ2v) is 6.55. The van der Waals surface area contributed by atoms with Crippen molar-refractivity contribution in [3.63, 3.8) is 0 Å². The Balaban J connectivity index is 0.000000260. The monoisotopic (exact) mass is 366 g/mol. The van der Waals surface area contributed by atoms with E-state index < -0.39 is 0 Å². The first-order valence-electron chi connectivity index (χ1n) is 9.28. The Bertz CT molecular complexity index is 485. The number of nitrogens with one attached hydrogen (secondary N) is 4. The summed E-state index contributed by atoms with van der Waals surface area (Å²) < 4.78 is 0. The van der Waals surface area contributed by atoms with Crippen molar-refractivity contribution in [2.45, 2.75) is 51.4 Å². The summed E-state index contributed by atoms with van der Waals surface area (Å²) in [5.74, 6) is 0.264. The Morgan fingerprint density at radius 2 is 1.12 bits per heavy atom. The van der Waals surface area contributed by atoms with Gasteiger partial charge in [0.2, 0.25) is 5.96 Å². The summed E-state index contributed by atoms with van der Waals surface area (Å²) in [6.07, 6.45) is 9.54. The topological polar surface area (TPSA) is 180 Å². The molecule has 0 spiro atoms. The van der Waals surface area contributed by atoms with Crippen LogP contribution in [-0.2, 0) is 0 Å². The molecule has 2 fully saturated rings. The van der Waals surface area contributed by atoms with Gasteiger partial charge in [0.15, 0.2) is 17.9 Å². The van der Waals surface area contributed by atoms with Crippen molar-refractivity contribution in [2.24, 2.45) is 22.2 Å². The van der Waals surface area contributed by atoms with E-state index in [1.165, 1.54) is 25.7 Å². The molecule has 0 bridgehead atoms. The first kappa shape index (κ1) is 21.5. The van der Waals surface area contributed by atoms with Crippen LogP contribution in [0.5, 0.6) is 0 Å². The summed E-state index contributed by atoms with van der Waals surface area (Å²) in [6.45, 7) is 3.67. The lowest BCUT2D eigenvalue weighted by Crippen LogP contribution is -2.46. The molecule has 2 saturated heterocycles. The van der Waals surface area contributed by atoms with Gasteiger partial charge in [0, 0.05) is 26.2 Å². The zero-order chi connectivity index (χ0) is 19.4. The van der Waals surface area contributed by atoms with Crippen LogP contribution < -0.4 is 22.5 Å². The summed E-state index contributed by atoms with van der Waals surface area (Å²) in [4.78, 5) is 7.66. The number of rotatable bonds is 0. The highest BCUT2D eigenvalue weighted by Gasteiger charge is 2.12. The van der Waals surface area contributed by atoms with Gasteiger partial charge in [-0.15, -0.1) is 0 Å². The fourth-order valence-corrected chi connectivity index (χ4v) is 2.99. The minimum atomic E-state index is -0.221. The molecule has 10 nitrogen and oxygen atoms in total. The van der Waals surface area contributed by atoms with E-state index in [0.717, 1.165) is 51.9 Å². The Morgan fingerprint density at radius 1 is 0.692 bits per heavy atom. The van der Waals surface area contributed by atoms with Gasteiger partial charge < -0.3 is 27.0 Å². The van der Waals surface area contributed by atoms with Crippen LogP contribution in [0.15, 0.2) is 4.99 Å². The van der Waals surface area contributed by atoms with E-state index in [4.69, 9.17) is 33.4 Å². The Morgan fingerprint density at radius 3 is 1.50 bits per heavy atom. The number of guanidine groups is 4. The largest absolute Gasteiger partial charge is 0.370 e. The zero-order valence-corrected chi connectivity index (χ0v) is 15.6. The van der Waals surface area contributed by atoms with Crippen LogP contribution in [0, 0.1) is 16.2 Å². The third kappa shape index (κ3) is 9.09. The third-order valence-corrected chi connectivity index (χ3v) is 4.34. The van der Waals surface area contributed by atoms with Crippen LogP contribution in [0.4, 0.5) is 0 Å². The number of nitrogens with two attached hydrogens (primary N) is 3. The number of aliphatic imine (C=N–C) groups is 1. The average molecular weight is 367 g/mol. The fraction of sp³-hybridized carbons (Fsp3) is 0.750. The molecule has 0 atom stereocenters. The maximum atomic E-state index is 7.60. The van der Waals surface area contributed by atoms with Crippen molar-refractivity contribution >= 4 is 23.8 Å². The molecule has 0 aromatic heterocycles. The predicted molar refractivity (Wildman–Crippen MR) is 106 cm³/mol. The average Bonchev–Trinajstić information content (AvgIpc) is 2.99. The van der Waals surface area contributed by atoms with Gasteiger partial charge in [-0.1, -0.05) is 25.7 Å². The summed E-state index contributed by atoms with van der Waals surface area (Å²) in [7, 11) is 0.